The topological polar surface area (TPSA) is 78.1 Å². The number of nitrogens with zero attached hydrogens (tertiary/aromatic N) is 2. The molecule has 8 heteroatoms. The molecule has 1 aromatic carbocycles. The minimum absolute atomic E-state index is 0.123. The third-order valence-electron chi connectivity index (χ3n) is 4.75. The Morgan fingerprint density at radius 1 is 1.40 bits per heavy atom. The normalized spacial score (nSPS) is 20.7. The number of fused-ring (bicyclic) bond motifs is 1. The van der Waals surface area contributed by atoms with Gasteiger partial charge < -0.3 is 15.2 Å². The lowest BCUT2D eigenvalue weighted by molar-refractivity contribution is -0.128. The number of amides is 2. The number of H-pyrrole nitrogens is 1. The highest BCUT2D eigenvalue weighted by Gasteiger charge is 2.39. The molecular weight excluding hydrogens is 330 g/mol. The number of hydrogen-bond acceptors (Lipinski definition) is 3. The first-order valence-corrected chi connectivity index (χ1v) is 8.36. The van der Waals surface area contributed by atoms with Crippen molar-refractivity contribution in [3.05, 3.63) is 29.6 Å². The van der Waals surface area contributed by atoms with Crippen LogP contribution in [0.2, 0.25) is 0 Å². The van der Waals surface area contributed by atoms with Crippen LogP contribution < -0.4 is 5.32 Å². The van der Waals surface area contributed by atoms with Crippen LogP contribution >= 0.6 is 0 Å². The smallest absolute Gasteiger partial charge is 0.295 e. The Morgan fingerprint density at radius 3 is 2.92 bits per heavy atom. The average Bonchev–Trinajstić information content (AvgIpc) is 3.22. The first-order valence-electron chi connectivity index (χ1n) is 8.36. The van der Waals surface area contributed by atoms with Crippen LogP contribution in [0.5, 0.6) is 0 Å². The van der Waals surface area contributed by atoms with Gasteiger partial charge in [0.2, 0.25) is 5.91 Å². The number of likely N-dealkylation sites (tertiary alicyclic amines) is 1. The summed E-state index contributed by atoms with van der Waals surface area (Å²) in [5.41, 5.74) is 1.17. The molecule has 2 amide bonds. The Hall–Kier alpha value is -2.51. The maximum atomic E-state index is 12.7. The van der Waals surface area contributed by atoms with Gasteiger partial charge in [-0.25, -0.2) is 13.8 Å². The molecule has 2 aliphatic rings. The van der Waals surface area contributed by atoms with Crippen molar-refractivity contribution >= 4 is 22.8 Å². The summed E-state index contributed by atoms with van der Waals surface area (Å²) in [5.74, 6) is -0.400. The van der Waals surface area contributed by atoms with Gasteiger partial charge in [0.15, 0.2) is 5.82 Å². The summed E-state index contributed by atoms with van der Waals surface area (Å²) < 4.78 is 25.4. The van der Waals surface area contributed by atoms with Gasteiger partial charge in [0.25, 0.3) is 12.3 Å². The lowest BCUT2D eigenvalue weighted by atomic mass is 10.1. The predicted molar refractivity (Wildman–Crippen MR) is 86.2 cm³/mol. The molecule has 1 aliphatic heterocycles. The zero-order valence-electron chi connectivity index (χ0n) is 13.5. The Bertz CT molecular complexity index is 831. The fourth-order valence-electron chi connectivity index (χ4n) is 3.30. The molecule has 1 saturated carbocycles. The molecule has 1 aliphatic carbocycles. The first-order chi connectivity index (χ1) is 12.0. The highest BCUT2D eigenvalue weighted by atomic mass is 19.3. The highest BCUT2D eigenvalue weighted by Crippen LogP contribution is 2.32. The van der Waals surface area contributed by atoms with Gasteiger partial charge in [0, 0.05) is 37.0 Å². The number of halogens is 2. The van der Waals surface area contributed by atoms with Crippen LogP contribution in [-0.2, 0) is 4.79 Å². The molecule has 0 bridgehead atoms. The van der Waals surface area contributed by atoms with E-state index < -0.39 is 12.2 Å². The number of carbonyl (C=O) groups is 2. The van der Waals surface area contributed by atoms with Crippen molar-refractivity contribution < 1.29 is 18.4 Å². The number of nitrogens with one attached hydrogen (secondary N) is 2. The highest BCUT2D eigenvalue weighted by molar-refractivity contribution is 5.97. The zero-order valence-corrected chi connectivity index (χ0v) is 13.5. The molecular formula is C17H18F2N4O2. The number of benzene rings is 1. The van der Waals surface area contributed by atoms with Crippen molar-refractivity contribution in [1.29, 1.82) is 0 Å². The number of hydrogen-bond donors (Lipinski definition) is 2. The summed E-state index contributed by atoms with van der Waals surface area (Å²) in [5, 5.41) is 2.84. The second-order valence-electron chi connectivity index (χ2n) is 6.71. The molecule has 4 rings (SSSR count). The van der Waals surface area contributed by atoms with Crippen LogP contribution in [-0.4, -0.2) is 45.8 Å². The fourth-order valence-corrected chi connectivity index (χ4v) is 3.30. The monoisotopic (exact) mass is 348 g/mol. The van der Waals surface area contributed by atoms with Crippen LogP contribution in [0.1, 0.15) is 41.9 Å². The van der Waals surface area contributed by atoms with Gasteiger partial charge in [-0.3, -0.25) is 9.59 Å². The lowest BCUT2D eigenvalue weighted by Gasteiger charge is -2.15. The molecule has 132 valence electrons. The third kappa shape index (κ3) is 3.20. The van der Waals surface area contributed by atoms with Gasteiger partial charge in [-0.05, 0) is 31.0 Å². The molecule has 1 saturated heterocycles. The fraction of sp³-hybridized carbons (Fsp3) is 0.471. The summed E-state index contributed by atoms with van der Waals surface area (Å²) in [7, 11) is 0. The molecule has 0 radical (unpaired) electrons. The predicted octanol–water partition coefficient (Wildman–Crippen LogP) is 2.24. The maximum Gasteiger partial charge on any atom is 0.295 e. The van der Waals surface area contributed by atoms with Crippen LogP contribution in [0.25, 0.3) is 11.0 Å². The molecule has 2 fully saturated rings. The molecule has 25 heavy (non-hydrogen) atoms. The van der Waals surface area contributed by atoms with Crippen molar-refractivity contribution in [2.24, 2.45) is 5.92 Å². The van der Waals surface area contributed by atoms with Crippen LogP contribution in [0.15, 0.2) is 18.2 Å². The van der Waals surface area contributed by atoms with Crippen LogP contribution in [0.4, 0.5) is 8.78 Å². The third-order valence-corrected chi connectivity index (χ3v) is 4.75. The maximum absolute atomic E-state index is 12.7. The van der Waals surface area contributed by atoms with Gasteiger partial charge in [-0.1, -0.05) is 0 Å². The molecule has 2 aromatic rings. The SMILES string of the molecule is O=C(NCC1CC(=O)N(C2CC2)C1)c1ccc2nc(C(F)F)[nH]c2c1. The summed E-state index contributed by atoms with van der Waals surface area (Å²) in [4.78, 5) is 32.5. The van der Waals surface area contributed by atoms with E-state index >= 15 is 0 Å². The molecule has 2 N–H and O–H groups in total. The van der Waals surface area contributed by atoms with Crippen LogP contribution in [0, 0.1) is 5.92 Å². The number of rotatable bonds is 5. The minimum atomic E-state index is -2.68. The van der Waals surface area contributed by atoms with Crippen LogP contribution in [0.3, 0.4) is 0 Å². The van der Waals surface area contributed by atoms with E-state index in [2.05, 4.69) is 15.3 Å². The summed E-state index contributed by atoms with van der Waals surface area (Å²) in [6.45, 7) is 1.12. The standard InChI is InChI=1S/C17H18F2N4O2/c18-15(19)16-21-12-4-1-10(6-13(12)22-16)17(25)20-7-9-5-14(24)23(8-9)11-2-3-11/h1,4,6,9,11,15H,2-3,5,7-8H2,(H,20,25)(H,21,22). The van der Waals surface area contributed by atoms with E-state index in [1.54, 1.807) is 12.1 Å². The van der Waals surface area contributed by atoms with E-state index in [0.717, 1.165) is 12.8 Å². The second-order valence-corrected chi connectivity index (χ2v) is 6.71. The van der Waals surface area contributed by atoms with Gasteiger partial charge in [-0.2, -0.15) is 0 Å². The number of aromatic amines is 1. The first kappa shape index (κ1) is 16.0. The second kappa shape index (κ2) is 6.09. The number of alkyl halides is 2. The molecule has 1 unspecified atom stereocenters. The number of imidazole rings is 1. The quantitative estimate of drug-likeness (QED) is 0.870. The Labute approximate surface area is 142 Å². The van der Waals surface area contributed by atoms with Crippen molar-refractivity contribution in [2.45, 2.75) is 31.7 Å². The van der Waals surface area contributed by atoms with Gasteiger partial charge in [0.05, 0.1) is 11.0 Å². The van der Waals surface area contributed by atoms with E-state index in [1.807, 2.05) is 4.90 Å². The van der Waals surface area contributed by atoms with Crippen molar-refractivity contribution in [3.8, 4) is 0 Å². The van der Waals surface area contributed by atoms with E-state index in [-0.39, 0.29) is 17.7 Å². The zero-order chi connectivity index (χ0) is 17.6. The largest absolute Gasteiger partial charge is 0.352 e. The van der Waals surface area contributed by atoms with Gasteiger partial charge in [0.1, 0.15) is 0 Å². The Morgan fingerprint density at radius 2 is 2.20 bits per heavy atom. The molecule has 6 nitrogen and oxygen atoms in total. The molecule has 1 aromatic heterocycles. The number of aromatic nitrogens is 2. The number of carbonyl (C=O) groups excluding carboxylic acids is 2. The van der Waals surface area contributed by atoms with Gasteiger partial charge in [-0.15, -0.1) is 0 Å². The minimum Gasteiger partial charge on any atom is -0.352 e. The van der Waals surface area contributed by atoms with Crippen molar-refractivity contribution in [3.63, 3.8) is 0 Å². The van der Waals surface area contributed by atoms with E-state index in [0.29, 0.717) is 42.1 Å². The summed E-state index contributed by atoms with van der Waals surface area (Å²) in [6, 6.07) is 5.02. The Balaban J connectivity index is 1.39. The lowest BCUT2D eigenvalue weighted by Crippen LogP contribution is -2.32. The van der Waals surface area contributed by atoms with Crippen molar-refractivity contribution in [1.82, 2.24) is 20.2 Å². The molecule has 0 spiro atoms. The van der Waals surface area contributed by atoms with E-state index in [4.69, 9.17) is 0 Å². The summed E-state index contributed by atoms with van der Waals surface area (Å²) in [6.07, 6.45) is -0.0571. The van der Waals surface area contributed by atoms with E-state index in [1.165, 1.54) is 6.07 Å². The van der Waals surface area contributed by atoms with Gasteiger partial charge >= 0.3 is 0 Å². The molecule has 1 atom stereocenters. The Kier molecular flexibility index (Phi) is 3.89. The summed E-state index contributed by atoms with van der Waals surface area (Å²) >= 11 is 0. The molecule has 2 heterocycles. The van der Waals surface area contributed by atoms with E-state index in [9.17, 15) is 18.4 Å². The van der Waals surface area contributed by atoms with Crippen molar-refractivity contribution in [2.75, 3.05) is 13.1 Å². The average molecular weight is 348 g/mol.